The van der Waals surface area contributed by atoms with Crippen LogP contribution in [0.25, 0.3) is 11.4 Å². The van der Waals surface area contributed by atoms with Crippen LogP contribution < -0.4 is 0 Å². The average Bonchev–Trinajstić information content (AvgIpc) is 3.06. The lowest BCUT2D eigenvalue weighted by Gasteiger charge is -2.16. The number of hydrogen-bond donors (Lipinski definition) is 0. The van der Waals surface area contributed by atoms with Crippen molar-refractivity contribution in [3.05, 3.63) is 18.2 Å². The van der Waals surface area contributed by atoms with Gasteiger partial charge in [0.15, 0.2) is 5.69 Å². The van der Waals surface area contributed by atoms with Crippen molar-refractivity contribution in [3.63, 3.8) is 0 Å². The second-order valence-electron chi connectivity index (χ2n) is 4.81. The van der Waals surface area contributed by atoms with E-state index in [0.29, 0.717) is 12.3 Å². The molecule has 0 aliphatic heterocycles. The Kier molecular flexibility index (Phi) is 4.72. The van der Waals surface area contributed by atoms with Crippen LogP contribution in [0.5, 0.6) is 0 Å². The van der Waals surface area contributed by atoms with Crippen LogP contribution in [-0.2, 0) is 11.8 Å². The molecule has 0 fully saturated rings. The summed E-state index contributed by atoms with van der Waals surface area (Å²) in [5, 5.41) is 8.23. The van der Waals surface area contributed by atoms with Gasteiger partial charge in [-0.3, -0.25) is 0 Å². The van der Waals surface area contributed by atoms with Crippen molar-refractivity contribution >= 4 is 5.97 Å². The van der Waals surface area contributed by atoms with Crippen molar-refractivity contribution in [2.24, 2.45) is 7.05 Å². The number of esters is 1. The van der Waals surface area contributed by atoms with Crippen LogP contribution in [-0.4, -0.2) is 37.1 Å². The molecule has 114 valence electrons. The summed E-state index contributed by atoms with van der Waals surface area (Å²) in [6.07, 6.45) is 5.22. The van der Waals surface area contributed by atoms with E-state index in [1.165, 1.54) is 0 Å². The molecule has 2 aromatic rings. The molecule has 0 bridgehead atoms. The van der Waals surface area contributed by atoms with E-state index in [0.717, 1.165) is 18.5 Å². The maximum absolute atomic E-state index is 12.1. The van der Waals surface area contributed by atoms with Gasteiger partial charge in [-0.25, -0.2) is 14.5 Å². The number of carbonyl (C=O) groups is 1. The third-order valence-electron chi connectivity index (χ3n) is 3.51. The van der Waals surface area contributed by atoms with Gasteiger partial charge >= 0.3 is 5.97 Å². The zero-order chi connectivity index (χ0) is 15.4. The van der Waals surface area contributed by atoms with E-state index in [1.54, 1.807) is 19.4 Å². The molecule has 0 amide bonds. The number of aromatic nitrogens is 5. The molecule has 0 aromatic carbocycles. The van der Waals surface area contributed by atoms with Gasteiger partial charge in [-0.15, -0.1) is 5.10 Å². The van der Waals surface area contributed by atoms with Crippen molar-refractivity contribution in [1.29, 1.82) is 0 Å². The van der Waals surface area contributed by atoms with Crippen LogP contribution in [0.1, 0.15) is 50.1 Å². The molecule has 2 rings (SSSR count). The minimum absolute atomic E-state index is 0.186. The summed E-state index contributed by atoms with van der Waals surface area (Å²) < 4.78 is 8.74. The summed E-state index contributed by atoms with van der Waals surface area (Å²) in [4.78, 5) is 16.2. The Balaban J connectivity index is 2.58. The summed E-state index contributed by atoms with van der Waals surface area (Å²) in [6.45, 7) is 6.26. The van der Waals surface area contributed by atoms with Crippen LogP contribution in [0.3, 0.4) is 0 Å². The van der Waals surface area contributed by atoms with Crippen molar-refractivity contribution in [2.75, 3.05) is 6.61 Å². The molecule has 0 radical (unpaired) electrons. The van der Waals surface area contributed by atoms with Gasteiger partial charge in [-0.1, -0.05) is 19.1 Å². The summed E-state index contributed by atoms with van der Waals surface area (Å²) >= 11 is 0. The van der Waals surface area contributed by atoms with Crippen LogP contribution in [0.15, 0.2) is 12.5 Å². The quantitative estimate of drug-likeness (QED) is 0.763. The van der Waals surface area contributed by atoms with Gasteiger partial charge in [0.2, 0.25) is 0 Å². The van der Waals surface area contributed by atoms with E-state index in [4.69, 9.17) is 4.74 Å². The number of imidazole rings is 1. The molecule has 0 aliphatic carbocycles. The normalized spacial score (nSPS) is 11.1. The van der Waals surface area contributed by atoms with E-state index in [2.05, 4.69) is 29.1 Å². The lowest BCUT2D eigenvalue weighted by molar-refractivity contribution is 0.0520. The second kappa shape index (κ2) is 6.51. The van der Waals surface area contributed by atoms with Crippen LogP contribution in [0.2, 0.25) is 0 Å². The Morgan fingerprint density at radius 2 is 2.05 bits per heavy atom. The van der Waals surface area contributed by atoms with Crippen LogP contribution >= 0.6 is 0 Å². The number of aryl methyl sites for hydroxylation is 1. The average molecular weight is 291 g/mol. The number of carbonyl (C=O) groups excluding carboxylic acids is 1. The maximum atomic E-state index is 12.1. The molecular formula is C14H21N5O2. The van der Waals surface area contributed by atoms with Crippen LogP contribution in [0.4, 0.5) is 0 Å². The first-order chi connectivity index (χ1) is 10.1. The van der Waals surface area contributed by atoms with Crippen molar-refractivity contribution in [1.82, 2.24) is 24.5 Å². The molecule has 0 saturated carbocycles. The SMILES string of the molecule is CCOC(=O)c1nnn(C(CC)CC)c1-c1cncn1C. The minimum atomic E-state index is -0.453. The van der Waals surface area contributed by atoms with E-state index in [-0.39, 0.29) is 11.7 Å². The molecule has 0 spiro atoms. The molecule has 0 atom stereocenters. The number of ether oxygens (including phenoxy) is 1. The monoisotopic (exact) mass is 291 g/mol. The highest BCUT2D eigenvalue weighted by molar-refractivity contribution is 5.93. The van der Waals surface area contributed by atoms with E-state index < -0.39 is 5.97 Å². The fourth-order valence-corrected chi connectivity index (χ4v) is 2.34. The molecule has 0 aliphatic rings. The zero-order valence-corrected chi connectivity index (χ0v) is 12.9. The molecule has 0 N–H and O–H groups in total. The summed E-state index contributed by atoms with van der Waals surface area (Å²) in [5.74, 6) is -0.453. The lowest BCUT2D eigenvalue weighted by Crippen LogP contribution is -2.13. The highest BCUT2D eigenvalue weighted by Gasteiger charge is 2.26. The van der Waals surface area contributed by atoms with Crippen molar-refractivity contribution in [2.45, 2.75) is 39.7 Å². The third kappa shape index (κ3) is 2.81. The Hall–Kier alpha value is -2.18. The molecule has 0 unspecified atom stereocenters. The Morgan fingerprint density at radius 1 is 1.33 bits per heavy atom. The zero-order valence-electron chi connectivity index (χ0n) is 12.9. The van der Waals surface area contributed by atoms with Gasteiger partial charge in [-0.2, -0.15) is 0 Å². The van der Waals surface area contributed by atoms with Gasteiger partial charge in [0, 0.05) is 7.05 Å². The van der Waals surface area contributed by atoms with Gasteiger partial charge in [0.1, 0.15) is 5.69 Å². The van der Waals surface area contributed by atoms with Gasteiger partial charge in [0.05, 0.1) is 30.9 Å². The number of hydrogen-bond acceptors (Lipinski definition) is 5. The first-order valence-corrected chi connectivity index (χ1v) is 7.22. The molecule has 7 nitrogen and oxygen atoms in total. The standard InChI is InChI=1S/C14H21N5O2/c1-5-10(6-2)19-13(11-8-15-9-18(11)4)12(16-17-19)14(20)21-7-3/h8-10H,5-7H2,1-4H3. The predicted molar refractivity (Wildman–Crippen MR) is 77.8 cm³/mol. The number of rotatable bonds is 6. The third-order valence-corrected chi connectivity index (χ3v) is 3.51. The Labute approximate surface area is 123 Å². The molecule has 2 heterocycles. The van der Waals surface area contributed by atoms with Gasteiger partial charge < -0.3 is 9.30 Å². The topological polar surface area (TPSA) is 74.8 Å². The van der Waals surface area contributed by atoms with Crippen molar-refractivity contribution in [3.8, 4) is 11.4 Å². The lowest BCUT2D eigenvalue weighted by atomic mass is 10.1. The summed E-state index contributed by atoms with van der Waals surface area (Å²) in [7, 11) is 1.88. The van der Waals surface area contributed by atoms with E-state index in [9.17, 15) is 4.79 Å². The van der Waals surface area contributed by atoms with Crippen LogP contribution in [0, 0.1) is 0 Å². The maximum Gasteiger partial charge on any atom is 0.361 e. The largest absolute Gasteiger partial charge is 0.461 e. The van der Waals surface area contributed by atoms with Crippen molar-refractivity contribution < 1.29 is 9.53 Å². The smallest absolute Gasteiger partial charge is 0.361 e. The summed E-state index contributed by atoms with van der Waals surface area (Å²) in [5.41, 5.74) is 1.71. The predicted octanol–water partition coefficient (Wildman–Crippen LogP) is 2.22. The molecular weight excluding hydrogens is 270 g/mol. The first kappa shape index (κ1) is 15.2. The Morgan fingerprint density at radius 3 is 2.57 bits per heavy atom. The Bertz CT molecular complexity index is 613. The first-order valence-electron chi connectivity index (χ1n) is 7.22. The van der Waals surface area contributed by atoms with E-state index in [1.807, 2.05) is 16.3 Å². The molecule has 0 saturated heterocycles. The summed E-state index contributed by atoms with van der Waals surface area (Å²) in [6, 6.07) is 0.186. The molecule has 7 heteroatoms. The van der Waals surface area contributed by atoms with Gasteiger partial charge in [-0.05, 0) is 19.8 Å². The number of nitrogens with zero attached hydrogens (tertiary/aromatic N) is 5. The molecule has 21 heavy (non-hydrogen) atoms. The van der Waals surface area contributed by atoms with E-state index >= 15 is 0 Å². The highest BCUT2D eigenvalue weighted by atomic mass is 16.5. The fourth-order valence-electron chi connectivity index (χ4n) is 2.34. The second-order valence-corrected chi connectivity index (χ2v) is 4.81. The fraction of sp³-hybridized carbons (Fsp3) is 0.571. The minimum Gasteiger partial charge on any atom is -0.461 e. The molecule has 2 aromatic heterocycles. The van der Waals surface area contributed by atoms with Gasteiger partial charge in [0.25, 0.3) is 0 Å². The highest BCUT2D eigenvalue weighted by Crippen LogP contribution is 2.27.